The summed E-state index contributed by atoms with van der Waals surface area (Å²) in [5.41, 5.74) is -0.669. The summed E-state index contributed by atoms with van der Waals surface area (Å²) in [6.45, 7) is 1.53. The smallest absolute Gasteiger partial charge is 0.328 e. The van der Waals surface area contributed by atoms with E-state index in [9.17, 15) is 4.57 Å². The van der Waals surface area contributed by atoms with E-state index in [2.05, 4.69) is 0 Å². The number of hydrogen-bond acceptors (Lipinski definition) is 2. The molecule has 0 saturated carbocycles. The molecule has 3 N–H and O–H groups in total. The van der Waals surface area contributed by atoms with E-state index < -0.39 is 13.3 Å². The molecule has 1 unspecified atom stereocenters. The van der Waals surface area contributed by atoms with Crippen LogP contribution in [0.1, 0.15) is 19.8 Å². The molecule has 0 aliphatic rings. The highest BCUT2D eigenvalue weighted by molar-refractivity contribution is 7.52. The van der Waals surface area contributed by atoms with Gasteiger partial charge in [0.2, 0.25) is 0 Å². The average Bonchev–Trinajstić information content (AvgIpc) is 1.80. The lowest BCUT2D eigenvalue weighted by Crippen LogP contribution is -2.08. The van der Waals surface area contributed by atoms with E-state index in [4.69, 9.17) is 14.9 Å². The van der Waals surface area contributed by atoms with E-state index in [1.807, 2.05) is 0 Å². The predicted octanol–water partition coefficient (Wildman–Crippen LogP) is 0.325. The summed E-state index contributed by atoms with van der Waals surface area (Å²) in [4.78, 5) is 17.2. The molecule has 10 heavy (non-hydrogen) atoms. The van der Waals surface area contributed by atoms with Gasteiger partial charge in [-0.05, 0) is 12.8 Å². The van der Waals surface area contributed by atoms with E-state index >= 15 is 0 Å². The molecule has 0 heterocycles. The molecular weight excluding hydrogens is 155 g/mol. The first-order chi connectivity index (χ1) is 4.52. The number of aliphatic hydroxyl groups excluding tert-OH is 1. The maximum atomic E-state index is 10.5. The van der Waals surface area contributed by atoms with Crippen LogP contribution in [0, 0.1) is 0 Å². The van der Waals surface area contributed by atoms with Crippen molar-refractivity contribution < 1.29 is 19.5 Å². The minimum absolute atomic E-state index is 0.163. The Morgan fingerprint density at radius 1 is 1.50 bits per heavy atom. The van der Waals surface area contributed by atoms with Crippen molar-refractivity contribution in [1.82, 2.24) is 0 Å². The Kier molecular flexibility index (Phi) is 4.13. The zero-order valence-corrected chi connectivity index (χ0v) is 6.79. The highest BCUT2D eigenvalue weighted by Crippen LogP contribution is 2.44. The van der Waals surface area contributed by atoms with Crippen molar-refractivity contribution in [1.29, 1.82) is 0 Å². The van der Waals surface area contributed by atoms with Gasteiger partial charge in [-0.25, -0.2) is 0 Å². The van der Waals surface area contributed by atoms with Crippen LogP contribution in [0.4, 0.5) is 0 Å². The van der Waals surface area contributed by atoms with E-state index in [1.165, 1.54) is 0 Å². The molecule has 0 aliphatic heterocycles. The normalized spacial score (nSPS) is 15.2. The molecular formula is C5H13O4P. The molecule has 0 fully saturated rings. The summed E-state index contributed by atoms with van der Waals surface area (Å²) < 4.78 is 10.5. The van der Waals surface area contributed by atoms with Gasteiger partial charge in [0.05, 0.1) is 5.66 Å². The minimum Gasteiger partial charge on any atom is -0.396 e. The Balaban J connectivity index is 3.94. The summed E-state index contributed by atoms with van der Waals surface area (Å²) in [6.07, 6.45) is 0.589. The van der Waals surface area contributed by atoms with Crippen LogP contribution in [-0.2, 0) is 4.57 Å². The molecule has 62 valence electrons. The fourth-order valence-electron chi connectivity index (χ4n) is 0.759. The van der Waals surface area contributed by atoms with Gasteiger partial charge in [0.1, 0.15) is 0 Å². The van der Waals surface area contributed by atoms with Gasteiger partial charge in [-0.2, -0.15) is 0 Å². The van der Waals surface area contributed by atoms with Gasteiger partial charge in [-0.1, -0.05) is 6.92 Å². The largest absolute Gasteiger partial charge is 0.396 e. The number of aliphatic hydroxyl groups is 1. The fraction of sp³-hybridized carbons (Fsp3) is 1.00. The Morgan fingerprint density at radius 2 is 2.00 bits per heavy atom. The van der Waals surface area contributed by atoms with Crippen molar-refractivity contribution in [2.24, 2.45) is 0 Å². The Bertz CT molecular complexity index is 130. The second-order valence-corrected chi connectivity index (χ2v) is 4.07. The minimum atomic E-state index is -3.95. The Hall–Kier alpha value is 0.110. The first kappa shape index (κ1) is 10.1. The van der Waals surface area contributed by atoms with Crippen molar-refractivity contribution in [3.05, 3.63) is 0 Å². The van der Waals surface area contributed by atoms with Crippen LogP contribution in [0.5, 0.6) is 0 Å². The second-order valence-electron chi connectivity index (χ2n) is 2.16. The molecule has 0 aliphatic carbocycles. The summed E-state index contributed by atoms with van der Waals surface area (Å²) in [5, 5.41) is 8.39. The van der Waals surface area contributed by atoms with E-state index in [-0.39, 0.29) is 13.0 Å². The van der Waals surface area contributed by atoms with Crippen molar-refractivity contribution in [3.63, 3.8) is 0 Å². The first-order valence-electron chi connectivity index (χ1n) is 3.18. The molecule has 0 saturated heterocycles. The van der Waals surface area contributed by atoms with Crippen LogP contribution in [-0.4, -0.2) is 27.2 Å². The number of hydrogen-bond donors (Lipinski definition) is 3. The first-order valence-corrected chi connectivity index (χ1v) is 4.86. The second kappa shape index (κ2) is 4.09. The van der Waals surface area contributed by atoms with Crippen LogP contribution in [0.25, 0.3) is 0 Å². The summed E-state index contributed by atoms with van der Waals surface area (Å²) in [5.74, 6) is 0. The highest BCUT2D eigenvalue weighted by atomic mass is 31.2. The number of rotatable bonds is 4. The lowest BCUT2D eigenvalue weighted by molar-refractivity contribution is 0.272. The molecule has 0 radical (unpaired) electrons. The molecule has 0 rings (SSSR count). The van der Waals surface area contributed by atoms with Crippen molar-refractivity contribution in [2.45, 2.75) is 25.4 Å². The van der Waals surface area contributed by atoms with Crippen LogP contribution in [0.3, 0.4) is 0 Å². The Morgan fingerprint density at radius 3 is 2.10 bits per heavy atom. The maximum Gasteiger partial charge on any atom is 0.328 e. The van der Waals surface area contributed by atoms with Gasteiger partial charge in [0.15, 0.2) is 0 Å². The molecule has 0 amide bonds. The average molecular weight is 168 g/mol. The third kappa shape index (κ3) is 3.32. The Labute approximate surface area is 60.0 Å². The van der Waals surface area contributed by atoms with Gasteiger partial charge in [0, 0.05) is 6.61 Å². The van der Waals surface area contributed by atoms with Crippen LogP contribution < -0.4 is 0 Å². The molecule has 0 spiro atoms. The summed E-state index contributed by atoms with van der Waals surface area (Å²) in [6, 6.07) is 0. The van der Waals surface area contributed by atoms with Crippen LogP contribution in [0.2, 0.25) is 0 Å². The van der Waals surface area contributed by atoms with Crippen molar-refractivity contribution in [3.8, 4) is 0 Å². The van der Waals surface area contributed by atoms with E-state index in [1.54, 1.807) is 6.92 Å². The SMILES string of the molecule is CCC(CCO)P(=O)(O)O. The molecule has 0 aromatic rings. The van der Waals surface area contributed by atoms with Gasteiger partial charge in [-0.3, -0.25) is 4.57 Å². The maximum absolute atomic E-state index is 10.5. The monoisotopic (exact) mass is 168 g/mol. The third-order valence-electron chi connectivity index (χ3n) is 1.41. The van der Waals surface area contributed by atoms with Crippen LogP contribution in [0.15, 0.2) is 0 Å². The van der Waals surface area contributed by atoms with Crippen LogP contribution >= 0.6 is 7.60 Å². The highest BCUT2D eigenvalue weighted by Gasteiger charge is 2.25. The van der Waals surface area contributed by atoms with Gasteiger partial charge in [0.25, 0.3) is 0 Å². The molecule has 0 bridgehead atoms. The molecule has 1 atom stereocenters. The standard InChI is InChI=1S/C5H13O4P/c1-2-5(3-4-6)10(7,8)9/h5-6H,2-4H2,1H3,(H2,7,8,9). The van der Waals surface area contributed by atoms with Gasteiger partial charge in [-0.15, -0.1) is 0 Å². The topological polar surface area (TPSA) is 77.8 Å². The van der Waals surface area contributed by atoms with Gasteiger partial charge < -0.3 is 14.9 Å². The van der Waals surface area contributed by atoms with E-state index in [0.29, 0.717) is 6.42 Å². The lowest BCUT2D eigenvalue weighted by Gasteiger charge is -2.14. The zero-order chi connectivity index (χ0) is 8.20. The molecule has 5 heteroatoms. The van der Waals surface area contributed by atoms with Gasteiger partial charge >= 0.3 is 7.60 Å². The quantitative estimate of drug-likeness (QED) is 0.528. The predicted molar refractivity (Wildman–Crippen MR) is 37.8 cm³/mol. The zero-order valence-electron chi connectivity index (χ0n) is 5.90. The van der Waals surface area contributed by atoms with Crippen molar-refractivity contribution in [2.75, 3.05) is 6.61 Å². The molecule has 4 nitrogen and oxygen atoms in total. The molecule has 0 aromatic carbocycles. The van der Waals surface area contributed by atoms with Crippen molar-refractivity contribution >= 4 is 7.60 Å². The molecule has 0 aromatic heterocycles. The lowest BCUT2D eigenvalue weighted by atomic mass is 10.2. The van der Waals surface area contributed by atoms with E-state index in [0.717, 1.165) is 0 Å². The summed E-state index contributed by atoms with van der Waals surface area (Å²) >= 11 is 0. The fourth-order valence-corrected chi connectivity index (χ4v) is 1.69. The third-order valence-corrected chi connectivity index (χ3v) is 2.98. The summed E-state index contributed by atoms with van der Waals surface area (Å²) in [7, 11) is -3.95.